The highest BCUT2D eigenvalue weighted by molar-refractivity contribution is 6.00. The van der Waals surface area contributed by atoms with Crippen LogP contribution >= 0.6 is 0 Å². The number of benzene rings is 1. The van der Waals surface area contributed by atoms with Gasteiger partial charge in [-0.2, -0.15) is 5.10 Å². The smallest absolute Gasteiger partial charge is 0.166 e. The van der Waals surface area contributed by atoms with Crippen molar-refractivity contribution in [2.75, 3.05) is 18.1 Å². The Balaban J connectivity index is 2.13. The molecule has 1 aromatic heterocycles. The molecule has 0 saturated heterocycles. The van der Waals surface area contributed by atoms with Gasteiger partial charge in [-0.15, -0.1) is 5.10 Å². The largest absolute Gasteiger partial charge is 0.491 e. The Morgan fingerprint density at radius 1 is 1.30 bits per heavy atom. The summed E-state index contributed by atoms with van der Waals surface area (Å²) in [5.41, 5.74) is 7.14. The number of anilines is 2. The molecule has 1 aliphatic rings. The fraction of sp³-hybridized carbons (Fsp3) is 0.214. The molecule has 20 heavy (non-hydrogen) atoms. The van der Waals surface area contributed by atoms with Crippen LogP contribution in [0.2, 0.25) is 0 Å². The molecule has 0 bridgehead atoms. The van der Waals surface area contributed by atoms with Gasteiger partial charge in [-0.3, -0.25) is 5.41 Å². The summed E-state index contributed by atoms with van der Waals surface area (Å²) in [5.74, 6) is 1.39. The number of aromatic nitrogens is 2. The molecular weight excluding hydrogens is 254 g/mol. The van der Waals surface area contributed by atoms with Gasteiger partial charge >= 0.3 is 0 Å². The minimum atomic E-state index is -0.0162. The van der Waals surface area contributed by atoms with Gasteiger partial charge in [0.05, 0.1) is 24.1 Å². The number of nitrogens with two attached hydrogens (primary N) is 1. The van der Waals surface area contributed by atoms with E-state index in [1.54, 1.807) is 12.3 Å². The topological polar surface area (TPSA) is 88.1 Å². The van der Waals surface area contributed by atoms with Crippen LogP contribution in [0.3, 0.4) is 0 Å². The summed E-state index contributed by atoms with van der Waals surface area (Å²) in [4.78, 5) is 2.01. The second-order valence-corrected chi connectivity index (χ2v) is 4.50. The van der Waals surface area contributed by atoms with Crippen molar-refractivity contribution in [3.63, 3.8) is 0 Å². The van der Waals surface area contributed by atoms with E-state index in [9.17, 15) is 0 Å². The van der Waals surface area contributed by atoms with Gasteiger partial charge in [0.1, 0.15) is 11.6 Å². The van der Waals surface area contributed by atoms with Gasteiger partial charge in [-0.25, -0.2) is 0 Å². The second kappa shape index (κ2) is 5.16. The third kappa shape index (κ3) is 2.16. The van der Waals surface area contributed by atoms with Gasteiger partial charge in [-0.05, 0) is 24.6 Å². The molecule has 0 fully saturated rings. The van der Waals surface area contributed by atoms with Crippen LogP contribution in [-0.4, -0.2) is 29.2 Å². The van der Waals surface area contributed by atoms with Crippen molar-refractivity contribution in [2.45, 2.75) is 6.42 Å². The zero-order valence-electron chi connectivity index (χ0n) is 10.9. The Labute approximate surface area is 116 Å². The Kier molecular flexibility index (Phi) is 3.20. The third-order valence-electron chi connectivity index (χ3n) is 3.19. The van der Waals surface area contributed by atoms with Crippen LogP contribution < -0.4 is 15.4 Å². The van der Waals surface area contributed by atoms with Crippen LogP contribution in [0.15, 0.2) is 36.5 Å². The molecule has 102 valence electrons. The molecule has 0 unspecified atom stereocenters. The zero-order valence-corrected chi connectivity index (χ0v) is 10.9. The highest BCUT2D eigenvalue weighted by Gasteiger charge is 2.21. The Morgan fingerprint density at radius 2 is 2.15 bits per heavy atom. The number of para-hydroxylation sites is 2. The van der Waals surface area contributed by atoms with Gasteiger partial charge in [0.2, 0.25) is 0 Å². The Hall–Kier alpha value is -2.63. The van der Waals surface area contributed by atoms with E-state index in [-0.39, 0.29) is 5.84 Å². The van der Waals surface area contributed by atoms with Gasteiger partial charge in [0.25, 0.3) is 0 Å². The molecule has 1 aliphatic heterocycles. The predicted octanol–water partition coefficient (Wildman–Crippen LogP) is 1.68. The molecule has 3 rings (SSSR count). The summed E-state index contributed by atoms with van der Waals surface area (Å²) < 4.78 is 5.73. The van der Waals surface area contributed by atoms with Crippen LogP contribution in [-0.2, 0) is 0 Å². The summed E-state index contributed by atoms with van der Waals surface area (Å²) >= 11 is 0. The highest BCUT2D eigenvalue weighted by atomic mass is 16.5. The lowest BCUT2D eigenvalue weighted by Gasteiger charge is -2.23. The number of hydrogen-bond donors (Lipinski definition) is 2. The van der Waals surface area contributed by atoms with Gasteiger partial charge in [-0.1, -0.05) is 12.1 Å². The van der Waals surface area contributed by atoms with Crippen molar-refractivity contribution < 1.29 is 4.74 Å². The number of nitrogen functional groups attached to an aromatic ring is 1. The van der Waals surface area contributed by atoms with E-state index < -0.39 is 0 Å². The standard InChI is InChI=1S/C14H15N5O/c15-13(16)10-6-7-17-18-14(10)19-8-3-9-20-12-5-2-1-4-11(12)19/h1-2,4-7H,3,8-9H2,(H3,15,16). The summed E-state index contributed by atoms with van der Waals surface area (Å²) in [6.45, 7) is 1.40. The molecule has 0 aliphatic carbocycles. The van der Waals surface area contributed by atoms with Crippen molar-refractivity contribution >= 4 is 17.3 Å². The maximum Gasteiger partial charge on any atom is 0.166 e. The molecular formula is C14H15N5O. The molecule has 3 N–H and O–H groups in total. The number of hydrogen-bond acceptors (Lipinski definition) is 5. The molecule has 2 heterocycles. The first-order valence-corrected chi connectivity index (χ1v) is 6.43. The Bertz CT molecular complexity index is 643. The second-order valence-electron chi connectivity index (χ2n) is 4.50. The van der Waals surface area contributed by atoms with E-state index in [1.807, 2.05) is 29.2 Å². The molecule has 1 aromatic carbocycles. The van der Waals surface area contributed by atoms with E-state index in [0.29, 0.717) is 18.0 Å². The van der Waals surface area contributed by atoms with Crippen LogP contribution in [0.25, 0.3) is 0 Å². The van der Waals surface area contributed by atoms with Crippen LogP contribution in [0.1, 0.15) is 12.0 Å². The van der Waals surface area contributed by atoms with Crippen molar-refractivity contribution in [2.24, 2.45) is 5.73 Å². The average molecular weight is 269 g/mol. The van der Waals surface area contributed by atoms with Crippen molar-refractivity contribution in [3.8, 4) is 5.75 Å². The first kappa shape index (κ1) is 12.4. The first-order valence-electron chi connectivity index (χ1n) is 6.43. The normalized spacial score (nSPS) is 14.1. The van der Waals surface area contributed by atoms with Gasteiger partial charge in [0.15, 0.2) is 5.82 Å². The van der Waals surface area contributed by atoms with E-state index in [1.165, 1.54) is 0 Å². The lowest BCUT2D eigenvalue weighted by atomic mass is 10.2. The lowest BCUT2D eigenvalue weighted by molar-refractivity contribution is 0.322. The van der Waals surface area contributed by atoms with E-state index in [4.69, 9.17) is 15.9 Å². The van der Waals surface area contributed by atoms with Crippen molar-refractivity contribution in [1.29, 1.82) is 5.41 Å². The van der Waals surface area contributed by atoms with Crippen LogP contribution in [0.5, 0.6) is 5.75 Å². The summed E-state index contributed by atoms with van der Waals surface area (Å²) in [7, 11) is 0. The van der Waals surface area contributed by atoms with E-state index in [2.05, 4.69) is 10.2 Å². The Morgan fingerprint density at radius 3 is 3.00 bits per heavy atom. The molecule has 6 heteroatoms. The summed E-state index contributed by atoms with van der Waals surface area (Å²) in [5, 5.41) is 15.8. The van der Waals surface area contributed by atoms with Gasteiger partial charge < -0.3 is 15.4 Å². The maximum absolute atomic E-state index is 7.69. The quantitative estimate of drug-likeness (QED) is 0.639. The first-order chi connectivity index (χ1) is 9.77. The zero-order chi connectivity index (χ0) is 13.9. The molecule has 0 spiro atoms. The number of nitrogens with zero attached hydrogens (tertiary/aromatic N) is 3. The van der Waals surface area contributed by atoms with E-state index in [0.717, 1.165) is 24.4 Å². The van der Waals surface area contributed by atoms with Crippen LogP contribution in [0.4, 0.5) is 11.5 Å². The molecule has 2 aromatic rings. The molecule has 0 atom stereocenters. The van der Waals surface area contributed by atoms with Crippen LogP contribution in [0, 0.1) is 5.41 Å². The summed E-state index contributed by atoms with van der Waals surface area (Å²) in [6, 6.07) is 9.49. The molecule has 0 amide bonds. The fourth-order valence-electron chi connectivity index (χ4n) is 2.28. The summed E-state index contributed by atoms with van der Waals surface area (Å²) in [6.07, 6.45) is 2.41. The van der Waals surface area contributed by atoms with E-state index >= 15 is 0 Å². The molecule has 0 radical (unpaired) electrons. The predicted molar refractivity (Wildman–Crippen MR) is 76.6 cm³/mol. The number of amidine groups is 1. The minimum absolute atomic E-state index is 0.0162. The SMILES string of the molecule is N=C(N)c1ccnnc1N1CCCOc2ccccc21. The third-order valence-corrected chi connectivity index (χ3v) is 3.19. The monoisotopic (exact) mass is 269 g/mol. The number of rotatable bonds is 2. The highest BCUT2D eigenvalue weighted by Crippen LogP contribution is 2.35. The van der Waals surface area contributed by atoms with Gasteiger partial charge in [0, 0.05) is 6.54 Å². The van der Waals surface area contributed by atoms with Crippen molar-refractivity contribution in [1.82, 2.24) is 10.2 Å². The molecule has 0 saturated carbocycles. The fourth-order valence-corrected chi connectivity index (χ4v) is 2.28. The molecule has 6 nitrogen and oxygen atoms in total. The average Bonchev–Trinajstić information content (AvgIpc) is 2.69. The maximum atomic E-state index is 7.69. The number of ether oxygens (including phenoxy) is 1. The van der Waals surface area contributed by atoms with Crippen molar-refractivity contribution in [3.05, 3.63) is 42.1 Å². The minimum Gasteiger partial charge on any atom is -0.491 e. The number of nitrogens with one attached hydrogen (secondary N) is 1. The lowest BCUT2D eigenvalue weighted by Crippen LogP contribution is -2.24. The number of fused-ring (bicyclic) bond motifs is 1.